The van der Waals surface area contributed by atoms with Crippen molar-refractivity contribution in [2.75, 3.05) is 50.7 Å². The van der Waals surface area contributed by atoms with Crippen LogP contribution < -0.4 is 19.7 Å². The Hall–Kier alpha value is -3.45. The van der Waals surface area contributed by atoms with E-state index < -0.39 is 0 Å². The van der Waals surface area contributed by atoms with E-state index in [1.807, 2.05) is 25.1 Å². The summed E-state index contributed by atoms with van der Waals surface area (Å²) >= 11 is 0. The molecule has 1 aromatic heterocycles. The van der Waals surface area contributed by atoms with Gasteiger partial charge in [-0.2, -0.15) is 0 Å². The first-order chi connectivity index (χ1) is 16.4. The molecule has 7 nitrogen and oxygen atoms in total. The maximum absolute atomic E-state index is 13.7. The van der Waals surface area contributed by atoms with Crippen LogP contribution in [0.4, 0.5) is 11.4 Å². The lowest BCUT2D eigenvalue weighted by atomic mass is 10.1. The number of morpholine rings is 1. The molecule has 2 aromatic carbocycles. The molecule has 1 amide bonds. The van der Waals surface area contributed by atoms with Gasteiger partial charge in [0.25, 0.3) is 5.91 Å². The van der Waals surface area contributed by atoms with Crippen LogP contribution in [0.15, 0.2) is 42.5 Å². The van der Waals surface area contributed by atoms with E-state index in [0.29, 0.717) is 42.6 Å². The number of amides is 1. The van der Waals surface area contributed by atoms with Crippen LogP contribution in [-0.4, -0.2) is 51.0 Å². The fourth-order valence-corrected chi connectivity index (χ4v) is 4.69. The molecular formula is C27H33N3O4. The van der Waals surface area contributed by atoms with E-state index in [1.165, 1.54) is 11.1 Å². The molecule has 1 aliphatic rings. The topological polar surface area (TPSA) is 65.0 Å². The predicted molar refractivity (Wildman–Crippen MR) is 135 cm³/mol. The molecule has 0 atom stereocenters. The zero-order valence-electron chi connectivity index (χ0n) is 20.6. The van der Waals surface area contributed by atoms with E-state index in [2.05, 4.69) is 40.8 Å². The summed E-state index contributed by atoms with van der Waals surface area (Å²) in [5.41, 5.74) is 6.88. The smallest absolute Gasteiger partial charge is 0.272 e. The number of aromatic nitrogens is 1. The molecule has 4 rings (SSSR count). The lowest BCUT2D eigenvalue weighted by molar-refractivity contribution is 0.101. The highest BCUT2D eigenvalue weighted by atomic mass is 16.5. The van der Waals surface area contributed by atoms with E-state index in [9.17, 15) is 4.79 Å². The minimum absolute atomic E-state index is 0.152. The van der Waals surface area contributed by atoms with Crippen molar-refractivity contribution in [3.63, 3.8) is 0 Å². The number of carbonyl (C=O) groups excluding carboxylic acids is 1. The first-order valence-electron chi connectivity index (χ1n) is 11.5. The molecule has 0 unspecified atom stereocenters. The van der Waals surface area contributed by atoms with Crippen molar-refractivity contribution in [3.05, 3.63) is 70.5 Å². The molecule has 0 bridgehead atoms. The summed E-state index contributed by atoms with van der Waals surface area (Å²) in [6, 6.07) is 13.7. The Kier molecular flexibility index (Phi) is 7.12. The molecule has 7 heteroatoms. The standard InChI is InChI=1S/C27H33N3O4/c1-18-8-6-7-9-21(18)17-30-20(3)25(29-12-14-34-15-13-29)19(2)26(30)27(31)28-22-10-11-23(32-4)24(16-22)33-5/h6-11,16H,12-15,17H2,1-5H3,(H,28,31). The average molecular weight is 464 g/mol. The number of nitrogens with zero attached hydrogens (tertiary/aromatic N) is 2. The van der Waals surface area contributed by atoms with Gasteiger partial charge in [-0.05, 0) is 44.0 Å². The van der Waals surface area contributed by atoms with Crippen molar-refractivity contribution in [2.45, 2.75) is 27.3 Å². The molecular weight excluding hydrogens is 430 g/mol. The molecule has 0 spiro atoms. The van der Waals surface area contributed by atoms with Crippen molar-refractivity contribution in [1.82, 2.24) is 4.57 Å². The monoisotopic (exact) mass is 463 g/mol. The number of rotatable bonds is 7. The third-order valence-corrected chi connectivity index (χ3v) is 6.50. The molecule has 0 saturated carbocycles. The second-order valence-electron chi connectivity index (χ2n) is 8.54. The molecule has 1 aliphatic heterocycles. The molecule has 1 fully saturated rings. The number of carbonyl (C=O) groups is 1. The molecule has 3 aromatic rings. The molecule has 34 heavy (non-hydrogen) atoms. The maximum Gasteiger partial charge on any atom is 0.272 e. The number of hydrogen-bond acceptors (Lipinski definition) is 5. The van der Waals surface area contributed by atoms with Gasteiger partial charge in [-0.1, -0.05) is 24.3 Å². The highest BCUT2D eigenvalue weighted by Crippen LogP contribution is 2.34. The second-order valence-corrected chi connectivity index (χ2v) is 8.54. The number of anilines is 2. The first-order valence-corrected chi connectivity index (χ1v) is 11.5. The first kappa shape index (κ1) is 23.7. The summed E-state index contributed by atoms with van der Waals surface area (Å²) in [4.78, 5) is 16.0. The third kappa shape index (κ3) is 4.61. The zero-order valence-corrected chi connectivity index (χ0v) is 20.6. The Balaban J connectivity index is 1.75. The van der Waals surface area contributed by atoms with Crippen LogP contribution in [0, 0.1) is 20.8 Å². The number of hydrogen-bond donors (Lipinski definition) is 1. The quantitative estimate of drug-likeness (QED) is 0.556. The zero-order chi connectivity index (χ0) is 24.2. The number of benzene rings is 2. The van der Waals surface area contributed by atoms with E-state index in [-0.39, 0.29) is 5.91 Å². The Morgan fingerprint density at radius 3 is 2.38 bits per heavy atom. The molecule has 0 radical (unpaired) electrons. The third-order valence-electron chi connectivity index (χ3n) is 6.50. The van der Waals surface area contributed by atoms with Gasteiger partial charge in [0.05, 0.1) is 33.1 Å². The van der Waals surface area contributed by atoms with Crippen LogP contribution in [0.3, 0.4) is 0 Å². The van der Waals surface area contributed by atoms with Crippen LogP contribution in [0.25, 0.3) is 0 Å². The van der Waals surface area contributed by atoms with Crippen LogP contribution in [0.1, 0.15) is 32.9 Å². The van der Waals surface area contributed by atoms with Crippen LogP contribution >= 0.6 is 0 Å². The highest BCUT2D eigenvalue weighted by Gasteiger charge is 2.27. The minimum atomic E-state index is -0.152. The summed E-state index contributed by atoms with van der Waals surface area (Å²) in [5, 5.41) is 3.07. The number of ether oxygens (including phenoxy) is 3. The summed E-state index contributed by atoms with van der Waals surface area (Å²) in [7, 11) is 3.17. The summed E-state index contributed by atoms with van der Waals surface area (Å²) in [6.45, 7) is 9.87. The van der Waals surface area contributed by atoms with Crippen LogP contribution in [0.5, 0.6) is 11.5 Å². The molecule has 180 valence electrons. The van der Waals surface area contributed by atoms with Crippen molar-refractivity contribution in [1.29, 1.82) is 0 Å². The van der Waals surface area contributed by atoms with Crippen LogP contribution in [-0.2, 0) is 11.3 Å². The van der Waals surface area contributed by atoms with Gasteiger partial charge in [0.2, 0.25) is 0 Å². The molecule has 1 N–H and O–H groups in total. The lowest BCUT2D eigenvalue weighted by Gasteiger charge is -2.29. The van der Waals surface area contributed by atoms with E-state index in [0.717, 1.165) is 30.0 Å². The normalized spacial score (nSPS) is 13.6. The van der Waals surface area contributed by atoms with E-state index in [4.69, 9.17) is 14.2 Å². The minimum Gasteiger partial charge on any atom is -0.493 e. The highest BCUT2D eigenvalue weighted by molar-refractivity contribution is 6.05. The lowest BCUT2D eigenvalue weighted by Crippen LogP contribution is -2.36. The number of nitrogens with one attached hydrogen (secondary N) is 1. The fourth-order valence-electron chi connectivity index (χ4n) is 4.69. The SMILES string of the molecule is COc1ccc(NC(=O)c2c(C)c(N3CCOCC3)c(C)n2Cc2ccccc2C)cc1OC. The van der Waals surface area contributed by atoms with Crippen LogP contribution in [0.2, 0.25) is 0 Å². The van der Waals surface area contributed by atoms with Gasteiger partial charge in [-0.15, -0.1) is 0 Å². The van der Waals surface area contributed by atoms with E-state index >= 15 is 0 Å². The van der Waals surface area contributed by atoms with Gasteiger partial charge < -0.3 is 29.0 Å². The van der Waals surface area contributed by atoms with Gasteiger partial charge in [-0.3, -0.25) is 4.79 Å². The van der Waals surface area contributed by atoms with E-state index in [1.54, 1.807) is 26.4 Å². The summed E-state index contributed by atoms with van der Waals surface area (Å²) in [5.74, 6) is 1.03. The molecule has 2 heterocycles. The predicted octanol–water partition coefficient (Wildman–Crippen LogP) is 4.57. The van der Waals surface area contributed by atoms with Gasteiger partial charge in [0.15, 0.2) is 11.5 Å². The average Bonchev–Trinajstić information content (AvgIpc) is 3.10. The Morgan fingerprint density at radius 1 is 1.00 bits per heavy atom. The maximum atomic E-state index is 13.7. The van der Waals surface area contributed by atoms with Gasteiger partial charge in [0.1, 0.15) is 5.69 Å². The molecule has 0 aliphatic carbocycles. The van der Waals surface area contributed by atoms with Gasteiger partial charge >= 0.3 is 0 Å². The van der Waals surface area contributed by atoms with Crippen molar-refractivity contribution in [3.8, 4) is 11.5 Å². The van der Waals surface area contributed by atoms with Crippen molar-refractivity contribution < 1.29 is 19.0 Å². The molecule has 1 saturated heterocycles. The number of methoxy groups -OCH3 is 2. The summed E-state index contributed by atoms with van der Waals surface area (Å²) in [6.07, 6.45) is 0. The largest absolute Gasteiger partial charge is 0.493 e. The van der Waals surface area contributed by atoms with Gasteiger partial charge in [-0.25, -0.2) is 0 Å². The second kappa shape index (κ2) is 10.2. The fraction of sp³-hybridized carbons (Fsp3) is 0.370. The van der Waals surface area contributed by atoms with Crippen molar-refractivity contribution >= 4 is 17.3 Å². The Morgan fingerprint density at radius 2 is 1.71 bits per heavy atom. The summed E-state index contributed by atoms with van der Waals surface area (Å²) < 4.78 is 18.4. The van der Waals surface area contributed by atoms with Gasteiger partial charge in [0, 0.05) is 42.6 Å². The number of aryl methyl sites for hydroxylation is 1. The van der Waals surface area contributed by atoms with Crippen molar-refractivity contribution in [2.24, 2.45) is 0 Å². The Bertz CT molecular complexity index is 1180. The Labute approximate surface area is 201 Å².